The van der Waals surface area contributed by atoms with Gasteiger partial charge in [-0.2, -0.15) is 0 Å². The third-order valence-corrected chi connectivity index (χ3v) is 4.56. The number of anilines is 1. The molecule has 19 heavy (non-hydrogen) atoms. The van der Waals surface area contributed by atoms with E-state index in [1.165, 1.54) is 0 Å². The number of hydrogen-bond donors (Lipinski definition) is 1. The van der Waals surface area contributed by atoms with Gasteiger partial charge in [0.05, 0.1) is 0 Å². The summed E-state index contributed by atoms with van der Waals surface area (Å²) in [6, 6.07) is 5.57. The molecule has 0 bridgehead atoms. The first-order chi connectivity index (χ1) is 9.08. The molecule has 1 fully saturated rings. The first-order valence-corrected chi connectivity index (χ1v) is 7.31. The molecule has 4 nitrogen and oxygen atoms in total. The van der Waals surface area contributed by atoms with Gasteiger partial charge in [0.25, 0.3) is 5.91 Å². The average molecular weight is 280 g/mol. The summed E-state index contributed by atoms with van der Waals surface area (Å²) in [5, 5.41) is 0.562. The summed E-state index contributed by atoms with van der Waals surface area (Å²) >= 11 is 1.79. The third-order valence-electron chi connectivity index (χ3n) is 3.12. The molecule has 2 N–H and O–H groups in total. The van der Waals surface area contributed by atoms with Gasteiger partial charge in [-0.3, -0.25) is 4.79 Å². The molecule has 0 radical (unpaired) electrons. The first-order valence-electron chi connectivity index (χ1n) is 6.43. The minimum Gasteiger partial charge on any atom is -0.398 e. The molecule has 104 valence electrons. The Hall–Kier alpha value is -1.20. The summed E-state index contributed by atoms with van der Waals surface area (Å²) in [6.45, 7) is 1.66. The summed E-state index contributed by atoms with van der Waals surface area (Å²) in [6.07, 6.45) is 2.12. The van der Waals surface area contributed by atoms with Crippen molar-refractivity contribution in [2.24, 2.45) is 0 Å². The zero-order valence-corrected chi connectivity index (χ0v) is 12.2. The van der Waals surface area contributed by atoms with E-state index in [0.717, 1.165) is 31.0 Å². The van der Waals surface area contributed by atoms with Crippen LogP contribution in [0.1, 0.15) is 23.2 Å². The Kier molecular flexibility index (Phi) is 4.71. The molecule has 1 aliphatic heterocycles. The van der Waals surface area contributed by atoms with E-state index in [-0.39, 0.29) is 5.91 Å². The minimum absolute atomic E-state index is 0.0192. The Bertz CT molecular complexity index is 457. The van der Waals surface area contributed by atoms with E-state index in [4.69, 9.17) is 10.5 Å². The third kappa shape index (κ3) is 3.64. The molecule has 1 saturated heterocycles. The summed E-state index contributed by atoms with van der Waals surface area (Å²) < 4.78 is 5.35. The van der Waals surface area contributed by atoms with Gasteiger partial charge in [-0.25, -0.2) is 0 Å². The van der Waals surface area contributed by atoms with Crippen LogP contribution < -0.4 is 5.73 Å². The Morgan fingerprint density at radius 2 is 2.05 bits per heavy atom. The van der Waals surface area contributed by atoms with E-state index in [0.29, 0.717) is 16.5 Å². The Morgan fingerprint density at radius 3 is 2.63 bits per heavy atom. The van der Waals surface area contributed by atoms with Gasteiger partial charge in [-0.15, -0.1) is 11.8 Å². The van der Waals surface area contributed by atoms with E-state index in [1.807, 2.05) is 12.1 Å². The molecule has 1 heterocycles. The van der Waals surface area contributed by atoms with Crippen LogP contribution in [0.15, 0.2) is 23.1 Å². The lowest BCUT2D eigenvalue weighted by atomic mass is 10.2. The van der Waals surface area contributed by atoms with Crippen LogP contribution >= 0.6 is 11.8 Å². The molecule has 0 saturated carbocycles. The Balaban J connectivity index is 2.08. The lowest BCUT2D eigenvalue weighted by Gasteiger charge is -2.22. The zero-order valence-electron chi connectivity index (χ0n) is 11.4. The van der Waals surface area contributed by atoms with Crippen molar-refractivity contribution < 1.29 is 9.53 Å². The monoisotopic (exact) mass is 280 g/mol. The topological polar surface area (TPSA) is 55.6 Å². The predicted octanol–water partition coefficient (Wildman–Crippen LogP) is 2.24. The van der Waals surface area contributed by atoms with Crippen LogP contribution in [0.5, 0.6) is 0 Å². The van der Waals surface area contributed by atoms with Crippen LogP contribution in [0.25, 0.3) is 0 Å². The number of rotatable bonds is 3. The normalized spacial score (nSPS) is 16.3. The lowest BCUT2D eigenvalue weighted by molar-refractivity contribution is 0.0827. The summed E-state index contributed by atoms with van der Waals surface area (Å²) in [5.74, 6) is -0.0192. The van der Waals surface area contributed by atoms with Crippen molar-refractivity contribution in [1.29, 1.82) is 0 Å². The molecular formula is C14H20N2O2S. The second kappa shape index (κ2) is 6.30. The van der Waals surface area contributed by atoms with E-state index in [1.54, 1.807) is 36.8 Å². The summed E-state index contributed by atoms with van der Waals surface area (Å²) in [7, 11) is 3.48. The molecule has 1 amide bonds. The smallest absolute Gasteiger partial charge is 0.253 e. The van der Waals surface area contributed by atoms with Gasteiger partial charge in [0.2, 0.25) is 0 Å². The highest BCUT2D eigenvalue weighted by Gasteiger charge is 2.17. The highest BCUT2D eigenvalue weighted by molar-refractivity contribution is 8.00. The molecule has 0 aromatic heterocycles. The van der Waals surface area contributed by atoms with E-state index in [2.05, 4.69) is 0 Å². The maximum absolute atomic E-state index is 11.8. The van der Waals surface area contributed by atoms with Gasteiger partial charge in [0.15, 0.2) is 0 Å². The van der Waals surface area contributed by atoms with Crippen molar-refractivity contribution in [3.05, 3.63) is 23.8 Å². The van der Waals surface area contributed by atoms with E-state index >= 15 is 0 Å². The van der Waals surface area contributed by atoms with Gasteiger partial charge in [0, 0.05) is 48.7 Å². The van der Waals surface area contributed by atoms with Crippen molar-refractivity contribution in [2.75, 3.05) is 33.0 Å². The highest BCUT2D eigenvalue weighted by Crippen LogP contribution is 2.33. The second-order valence-electron chi connectivity index (χ2n) is 4.88. The van der Waals surface area contributed by atoms with Crippen LogP contribution in [0.2, 0.25) is 0 Å². The number of carbonyl (C=O) groups is 1. The number of nitrogens with two attached hydrogens (primary N) is 1. The fourth-order valence-electron chi connectivity index (χ4n) is 2.02. The molecule has 1 aromatic carbocycles. The van der Waals surface area contributed by atoms with Crippen LogP contribution in [-0.4, -0.2) is 43.4 Å². The number of benzene rings is 1. The number of thioether (sulfide) groups is 1. The number of nitrogen functional groups attached to an aromatic ring is 1. The number of hydrogen-bond acceptors (Lipinski definition) is 4. The number of ether oxygens (including phenoxy) is 1. The first kappa shape index (κ1) is 14.2. The van der Waals surface area contributed by atoms with Crippen molar-refractivity contribution in [3.63, 3.8) is 0 Å². The van der Waals surface area contributed by atoms with Crippen molar-refractivity contribution >= 4 is 23.4 Å². The predicted molar refractivity (Wildman–Crippen MR) is 78.6 cm³/mol. The minimum atomic E-state index is -0.0192. The highest BCUT2D eigenvalue weighted by atomic mass is 32.2. The van der Waals surface area contributed by atoms with Crippen LogP contribution in [0.4, 0.5) is 5.69 Å². The average Bonchev–Trinajstić information content (AvgIpc) is 2.41. The molecular weight excluding hydrogens is 260 g/mol. The van der Waals surface area contributed by atoms with Crippen LogP contribution in [0, 0.1) is 0 Å². The molecule has 0 aliphatic carbocycles. The molecule has 1 aliphatic rings. The SMILES string of the molecule is CN(C)C(=O)c1ccc(SC2CCOCC2)c(N)c1. The number of carbonyl (C=O) groups excluding carboxylic acids is 1. The molecule has 2 rings (SSSR count). The standard InChI is InChI=1S/C14H20N2O2S/c1-16(2)14(17)10-3-4-13(12(15)9-10)19-11-5-7-18-8-6-11/h3-4,9,11H,5-8,15H2,1-2H3. The lowest BCUT2D eigenvalue weighted by Crippen LogP contribution is -2.21. The van der Waals surface area contributed by atoms with Crippen LogP contribution in [0.3, 0.4) is 0 Å². The van der Waals surface area contributed by atoms with Crippen molar-refractivity contribution in [3.8, 4) is 0 Å². The quantitative estimate of drug-likeness (QED) is 0.863. The van der Waals surface area contributed by atoms with Gasteiger partial charge >= 0.3 is 0 Å². The maximum atomic E-state index is 11.8. The molecule has 0 unspecified atom stereocenters. The number of amides is 1. The zero-order chi connectivity index (χ0) is 13.8. The molecule has 5 heteroatoms. The molecule has 0 atom stereocenters. The van der Waals surface area contributed by atoms with E-state index < -0.39 is 0 Å². The van der Waals surface area contributed by atoms with Crippen molar-refractivity contribution in [2.45, 2.75) is 23.0 Å². The van der Waals surface area contributed by atoms with E-state index in [9.17, 15) is 4.79 Å². The fraction of sp³-hybridized carbons (Fsp3) is 0.500. The second-order valence-corrected chi connectivity index (χ2v) is 6.22. The van der Waals surface area contributed by atoms with Gasteiger partial charge in [0.1, 0.15) is 0 Å². The van der Waals surface area contributed by atoms with Gasteiger partial charge in [-0.05, 0) is 31.0 Å². The van der Waals surface area contributed by atoms with Gasteiger partial charge < -0.3 is 15.4 Å². The van der Waals surface area contributed by atoms with Gasteiger partial charge in [-0.1, -0.05) is 0 Å². The number of nitrogens with zero attached hydrogens (tertiary/aromatic N) is 1. The Morgan fingerprint density at radius 1 is 1.37 bits per heavy atom. The van der Waals surface area contributed by atoms with Crippen molar-refractivity contribution in [1.82, 2.24) is 4.90 Å². The Labute approximate surface area is 118 Å². The summed E-state index contributed by atoms with van der Waals surface area (Å²) in [4.78, 5) is 14.5. The molecule has 0 spiro atoms. The largest absolute Gasteiger partial charge is 0.398 e. The molecule has 1 aromatic rings. The van der Waals surface area contributed by atoms with Crippen LogP contribution in [-0.2, 0) is 4.74 Å². The fourth-order valence-corrected chi connectivity index (χ4v) is 3.15. The maximum Gasteiger partial charge on any atom is 0.253 e. The summed E-state index contributed by atoms with van der Waals surface area (Å²) in [5.41, 5.74) is 7.38.